The minimum Gasteiger partial charge on any atom is -0.396 e. The van der Waals surface area contributed by atoms with E-state index in [0.717, 1.165) is 38.5 Å². The van der Waals surface area contributed by atoms with Gasteiger partial charge in [-0.3, -0.25) is 9.58 Å². The third kappa shape index (κ3) is 4.82. The SMILES string of the molecule is CCN1CCOC(CNCc2cn(CCCO)nn2)C1. The second-order valence-corrected chi connectivity index (χ2v) is 5.07. The molecule has 20 heavy (non-hydrogen) atoms. The van der Waals surface area contributed by atoms with Gasteiger partial charge in [0.2, 0.25) is 0 Å². The van der Waals surface area contributed by atoms with Crippen molar-refractivity contribution in [3.63, 3.8) is 0 Å². The molecule has 2 heterocycles. The lowest BCUT2D eigenvalue weighted by Gasteiger charge is -2.32. The van der Waals surface area contributed by atoms with Gasteiger partial charge in [0.05, 0.1) is 18.4 Å². The Morgan fingerprint density at radius 2 is 2.45 bits per heavy atom. The molecule has 0 amide bonds. The van der Waals surface area contributed by atoms with E-state index >= 15 is 0 Å². The van der Waals surface area contributed by atoms with Gasteiger partial charge in [0.25, 0.3) is 0 Å². The fourth-order valence-electron chi connectivity index (χ4n) is 2.31. The van der Waals surface area contributed by atoms with E-state index in [-0.39, 0.29) is 12.7 Å². The number of nitrogens with zero attached hydrogens (tertiary/aromatic N) is 4. The minimum absolute atomic E-state index is 0.181. The predicted molar refractivity (Wildman–Crippen MR) is 75.3 cm³/mol. The van der Waals surface area contributed by atoms with Gasteiger partial charge in [-0.2, -0.15) is 0 Å². The van der Waals surface area contributed by atoms with Crippen molar-refractivity contribution in [2.45, 2.75) is 32.5 Å². The van der Waals surface area contributed by atoms with E-state index in [9.17, 15) is 0 Å². The number of aryl methyl sites for hydroxylation is 1. The average molecular weight is 283 g/mol. The lowest BCUT2D eigenvalue weighted by molar-refractivity contribution is -0.0254. The molecule has 1 aliphatic rings. The molecular formula is C13H25N5O2. The average Bonchev–Trinajstić information content (AvgIpc) is 2.93. The zero-order valence-electron chi connectivity index (χ0n) is 12.2. The monoisotopic (exact) mass is 283 g/mol. The number of morpholine rings is 1. The Morgan fingerprint density at radius 1 is 1.55 bits per heavy atom. The van der Waals surface area contributed by atoms with Crippen LogP contribution in [0.1, 0.15) is 19.0 Å². The molecule has 1 fully saturated rings. The molecule has 1 aliphatic heterocycles. The summed E-state index contributed by atoms with van der Waals surface area (Å²) in [5, 5.41) is 20.3. The Kier molecular flexibility index (Phi) is 6.38. The number of ether oxygens (including phenoxy) is 1. The summed E-state index contributed by atoms with van der Waals surface area (Å²) in [6.45, 7) is 8.53. The Labute approximate surface area is 119 Å². The fourth-order valence-corrected chi connectivity index (χ4v) is 2.31. The number of nitrogens with one attached hydrogen (secondary N) is 1. The quantitative estimate of drug-likeness (QED) is 0.668. The van der Waals surface area contributed by atoms with Crippen LogP contribution in [0.15, 0.2) is 6.20 Å². The zero-order valence-corrected chi connectivity index (χ0v) is 12.2. The third-order valence-electron chi connectivity index (χ3n) is 3.48. The van der Waals surface area contributed by atoms with Gasteiger partial charge in [0.15, 0.2) is 0 Å². The number of likely N-dealkylation sites (N-methyl/N-ethyl adjacent to an activating group) is 1. The van der Waals surface area contributed by atoms with E-state index in [1.54, 1.807) is 4.68 Å². The van der Waals surface area contributed by atoms with Crippen LogP contribution in [0.25, 0.3) is 0 Å². The molecule has 1 saturated heterocycles. The first-order chi connectivity index (χ1) is 9.81. The normalized spacial score (nSPS) is 20.4. The molecule has 7 heteroatoms. The van der Waals surface area contributed by atoms with Crippen LogP contribution in [-0.4, -0.2) is 70.5 Å². The molecular weight excluding hydrogens is 258 g/mol. The maximum absolute atomic E-state index is 8.77. The summed E-state index contributed by atoms with van der Waals surface area (Å²) in [5.41, 5.74) is 0.922. The number of aliphatic hydroxyl groups is 1. The van der Waals surface area contributed by atoms with Gasteiger partial charge in [-0.05, 0) is 13.0 Å². The van der Waals surface area contributed by atoms with Gasteiger partial charge >= 0.3 is 0 Å². The first kappa shape index (κ1) is 15.4. The number of hydrogen-bond acceptors (Lipinski definition) is 6. The summed E-state index contributed by atoms with van der Waals surface area (Å²) >= 11 is 0. The van der Waals surface area contributed by atoms with Gasteiger partial charge in [0, 0.05) is 45.5 Å². The molecule has 1 unspecified atom stereocenters. The number of aliphatic hydroxyl groups excluding tert-OH is 1. The summed E-state index contributed by atoms with van der Waals surface area (Å²) in [4.78, 5) is 2.40. The smallest absolute Gasteiger partial charge is 0.0964 e. The highest BCUT2D eigenvalue weighted by atomic mass is 16.5. The molecule has 1 aromatic heterocycles. The van der Waals surface area contributed by atoms with E-state index in [2.05, 4.69) is 27.5 Å². The maximum Gasteiger partial charge on any atom is 0.0964 e. The lowest BCUT2D eigenvalue weighted by Crippen LogP contribution is -2.46. The van der Waals surface area contributed by atoms with E-state index in [1.165, 1.54) is 0 Å². The van der Waals surface area contributed by atoms with Crippen molar-refractivity contribution >= 4 is 0 Å². The Morgan fingerprint density at radius 3 is 3.25 bits per heavy atom. The Balaban J connectivity index is 1.66. The Bertz CT molecular complexity index is 385. The highest BCUT2D eigenvalue weighted by Crippen LogP contribution is 2.04. The summed E-state index contributed by atoms with van der Waals surface area (Å²) in [6.07, 6.45) is 2.88. The number of hydrogen-bond donors (Lipinski definition) is 2. The number of aromatic nitrogens is 3. The topological polar surface area (TPSA) is 75.4 Å². The van der Waals surface area contributed by atoms with Crippen LogP contribution in [0.5, 0.6) is 0 Å². The highest BCUT2D eigenvalue weighted by Gasteiger charge is 2.18. The van der Waals surface area contributed by atoms with Crippen LogP contribution < -0.4 is 5.32 Å². The summed E-state index contributed by atoms with van der Waals surface area (Å²) < 4.78 is 7.50. The van der Waals surface area contributed by atoms with E-state index in [0.29, 0.717) is 19.5 Å². The van der Waals surface area contributed by atoms with Crippen molar-refractivity contribution in [1.82, 2.24) is 25.2 Å². The molecule has 1 aromatic rings. The van der Waals surface area contributed by atoms with E-state index in [4.69, 9.17) is 9.84 Å². The van der Waals surface area contributed by atoms with Crippen molar-refractivity contribution in [1.29, 1.82) is 0 Å². The van der Waals surface area contributed by atoms with Crippen LogP contribution in [0.3, 0.4) is 0 Å². The zero-order chi connectivity index (χ0) is 14.2. The van der Waals surface area contributed by atoms with Crippen molar-refractivity contribution in [3.8, 4) is 0 Å². The molecule has 0 aliphatic carbocycles. The maximum atomic E-state index is 8.77. The van der Waals surface area contributed by atoms with Crippen LogP contribution in [0, 0.1) is 0 Å². The van der Waals surface area contributed by atoms with E-state index < -0.39 is 0 Å². The first-order valence-electron chi connectivity index (χ1n) is 7.36. The van der Waals surface area contributed by atoms with Crippen molar-refractivity contribution in [2.24, 2.45) is 0 Å². The van der Waals surface area contributed by atoms with Gasteiger partial charge in [0.1, 0.15) is 0 Å². The van der Waals surface area contributed by atoms with Gasteiger partial charge < -0.3 is 15.2 Å². The van der Waals surface area contributed by atoms with Crippen LogP contribution in [0.2, 0.25) is 0 Å². The predicted octanol–water partition coefficient (Wildman–Crippen LogP) is -0.529. The molecule has 7 nitrogen and oxygen atoms in total. The second kappa shape index (κ2) is 8.31. The largest absolute Gasteiger partial charge is 0.396 e. The van der Waals surface area contributed by atoms with E-state index in [1.807, 2.05) is 6.20 Å². The molecule has 0 radical (unpaired) electrons. The standard InChI is InChI=1S/C13H25N5O2/c1-2-17-5-7-20-13(11-17)9-14-8-12-10-18(16-15-12)4-3-6-19/h10,13-14,19H,2-9,11H2,1H3. The molecule has 2 N–H and O–H groups in total. The van der Waals surface area contributed by atoms with Crippen LogP contribution in [0.4, 0.5) is 0 Å². The van der Waals surface area contributed by atoms with Crippen LogP contribution in [-0.2, 0) is 17.8 Å². The molecule has 0 aromatic carbocycles. The molecule has 2 rings (SSSR count). The molecule has 114 valence electrons. The van der Waals surface area contributed by atoms with Crippen LogP contribution >= 0.6 is 0 Å². The Hall–Kier alpha value is -1.02. The van der Waals surface area contributed by atoms with Crippen molar-refractivity contribution in [2.75, 3.05) is 39.4 Å². The van der Waals surface area contributed by atoms with Gasteiger partial charge in [-0.25, -0.2) is 0 Å². The third-order valence-corrected chi connectivity index (χ3v) is 3.48. The molecule has 0 bridgehead atoms. The molecule has 1 atom stereocenters. The second-order valence-electron chi connectivity index (χ2n) is 5.07. The van der Waals surface area contributed by atoms with Crippen molar-refractivity contribution in [3.05, 3.63) is 11.9 Å². The van der Waals surface area contributed by atoms with Crippen molar-refractivity contribution < 1.29 is 9.84 Å². The minimum atomic E-state index is 0.181. The highest BCUT2D eigenvalue weighted by molar-refractivity contribution is 4.91. The number of rotatable bonds is 8. The summed E-state index contributed by atoms with van der Waals surface area (Å²) in [6, 6.07) is 0. The molecule has 0 spiro atoms. The van der Waals surface area contributed by atoms with Gasteiger partial charge in [-0.1, -0.05) is 12.1 Å². The fraction of sp³-hybridized carbons (Fsp3) is 0.846. The summed E-state index contributed by atoms with van der Waals surface area (Å²) in [7, 11) is 0. The first-order valence-corrected chi connectivity index (χ1v) is 7.36. The lowest BCUT2D eigenvalue weighted by atomic mass is 10.2. The summed E-state index contributed by atoms with van der Waals surface area (Å²) in [5.74, 6) is 0. The molecule has 0 saturated carbocycles. The van der Waals surface area contributed by atoms with Gasteiger partial charge in [-0.15, -0.1) is 5.10 Å².